The summed E-state index contributed by atoms with van der Waals surface area (Å²) in [5.41, 5.74) is 1.64. The molecule has 1 saturated heterocycles. The maximum absolute atomic E-state index is 13.1. The van der Waals surface area contributed by atoms with Gasteiger partial charge in [0.15, 0.2) is 0 Å². The predicted octanol–water partition coefficient (Wildman–Crippen LogP) is 3.54. The number of carbonyl (C=O) groups excluding carboxylic acids is 1. The second-order valence-electron chi connectivity index (χ2n) is 6.91. The van der Waals surface area contributed by atoms with Gasteiger partial charge in [-0.1, -0.05) is 0 Å². The van der Waals surface area contributed by atoms with Gasteiger partial charge < -0.3 is 4.90 Å². The van der Waals surface area contributed by atoms with Crippen LogP contribution in [0, 0.1) is 5.82 Å². The first-order valence-corrected chi connectivity index (χ1v) is 12.9. The number of hydrogen-bond donors (Lipinski definition) is 0. The lowest BCUT2D eigenvalue weighted by Gasteiger charge is -2.21. The van der Waals surface area contributed by atoms with Crippen LogP contribution in [0.15, 0.2) is 64.1 Å². The van der Waals surface area contributed by atoms with E-state index in [-0.39, 0.29) is 17.3 Å². The van der Waals surface area contributed by atoms with Crippen LogP contribution in [0.4, 0.5) is 4.39 Å². The van der Waals surface area contributed by atoms with Crippen molar-refractivity contribution in [1.82, 2.24) is 19.2 Å². The van der Waals surface area contributed by atoms with Gasteiger partial charge in [0.25, 0.3) is 0 Å². The fourth-order valence-electron chi connectivity index (χ4n) is 3.04. The molecular formula is C21H19FN4O3S3. The normalized spacial score (nSPS) is 15.6. The van der Waals surface area contributed by atoms with Crippen LogP contribution in [0.3, 0.4) is 0 Å². The highest BCUT2D eigenvalue weighted by Gasteiger charge is 2.29. The number of likely N-dealkylation sites (N-methyl/N-ethyl adjacent to an activating group) is 1. The Morgan fingerprint density at radius 2 is 2.06 bits per heavy atom. The molecule has 11 heteroatoms. The van der Waals surface area contributed by atoms with Crippen molar-refractivity contribution in [2.45, 2.75) is 4.90 Å². The van der Waals surface area contributed by atoms with Gasteiger partial charge in [-0.05, 0) is 42.5 Å². The first-order chi connectivity index (χ1) is 15.3. The molecule has 0 N–H and O–H groups in total. The zero-order valence-electron chi connectivity index (χ0n) is 17.0. The van der Waals surface area contributed by atoms with Crippen LogP contribution >= 0.6 is 23.1 Å². The molecule has 0 spiro atoms. The smallest absolute Gasteiger partial charge is 0.243 e. The number of sulfonamides is 1. The number of hydrogen-bond acceptors (Lipinski definition) is 7. The molecule has 0 radical (unpaired) electrons. The molecule has 32 heavy (non-hydrogen) atoms. The van der Waals surface area contributed by atoms with E-state index < -0.39 is 15.8 Å². The van der Waals surface area contributed by atoms with Crippen molar-refractivity contribution in [2.24, 2.45) is 0 Å². The van der Waals surface area contributed by atoms with E-state index in [1.165, 1.54) is 42.3 Å². The average molecular weight is 491 g/mol. The van der Waals surface area contributed by atoms with Gasteiger partial charge in [-0.15, -0.1) is 23.1 Å². The Morgan fingerprint density at radius 1 is 1.28 bits per heavy atom. The summed E-state index contributed by atoms with van der Waals surface area (Å²) < 4.78 is 39.5. The van der Waals surface area contributed by atoms with Gasteiger partial charge in [-0.25, -0.2) is 17.8 Å². The van der Waals surface area contributed by atoms with E-state index in [1.807, 2.05) is 23.6 Å². The van der Waals surface area contributed by atoms with Crippen LogP contribution in [-0.4, -0.2) is 59.4 Å². The molecule has 0 unspecified atom stereocenters. The summed E-state index contributed by atoms with van der Waals surface area (Å²) in [5, 5.41) is 3.46. The zero-order valence-corrected chi connectivity index (χ0v) is 19.5. The van der Waals surface area contributed by atoms with Gasteiger partial charge in [0.05, 0.1) is 22.2 Å². The minimum absolute atomic E-state index is 0.0637. The molecule has 0 bridgehead atoms. The van der Waals surface area contributed by atoms with Crippen molar-refractivity contribution in [3.05, 3.63) is 70.7 Å². The third-order valence-electron chi connectivity index (χ3n) is 4.71. The molecule has 0 aliphatic carbocycles. The van der Waals surface area contributed by atoms with Gasteiger partial charge in [0.1, 0.15) is 10.8 Å². The van der Waals surface area contributed by atoms with Crippen LogP contribution < -0.4 is 0 Å². The Hall–Kier alpha value is -2.60. The van der Waals surface area contributed by atoms with E-state index in [1.54, 1.807) is 17.3 Å². The maximum Gasteiger partial charge on any atom is 0.243 e. The van der Waals surface area contributed by atoms with Gasteiger partial charge in [-0.3, -0.25) is 9.78 Å². The van der Waals surface area contributed by atoms with Crippen LogP contribution in [0.2, 0.25) is 0 Å². The molecule has 4 rings (SSSR count). The highest BCUT2D eigenvalue weighted by Crippen LogP contribution is 2.31. The third-order valence-corrected chi connectivity index (χ3v) is 8.46. The highest BCUT2D eigenvalue weighted by molar-refractivity contribution is 8.03. The number of rotatable bonds is 6. The van der Waals surface area contributed by atoms with Gasteiger partial charge in [0, 0.05) is 42.7 Å². The number of amides is 1. The summed E-state index contributed by atoms with van der Waals surface area (Å²) >= 11 is 3.01. The monoisotopic (exact) mass is 490 g/mol. The van der Waals surface area contributed by atoms with Crippen molar-refractivity contribution >= 4 is 45.1 Å². The summed E-state index contributed by atoms with van der Waals surface area (Å²) in [5.74, 6) is -0.150. The number of pyridine rings is 1. The second-order valence-corrected chi connectivity index (χ2v) is 10.9. The van der Waals surface area contributed by atoms with E-state index in [4.69, 9.17) is 0 Å². The number of thioether (sulfide) groups is 1. The van der Waals surface area contributed by atoms with E-state index in [2.05, 4.69) is 9.97 Å². The Morgan fingerprint density at radius 3 is 2.78 bits per heavy atom. The minimum Gasteiger partial charge on any atom is -0.305 e. The maximum atomic E-state index is 13.1. The molecule has 1 fully saturated rings. The van der Waals surface area contributed by atoms with Gasteiger partial charge in [0.2, 0.25) is 15.9 Å². The molecule has 2 aromatic heterocycles. The molecule has 1 aromatic carbocycles. The largest absolute Gasteiger partial charge is 0.305 e. The van der Waals surface area contributed by atoms with Gasteiger partial charge >= 0.3 is 0 Å². The Balaban J connectivity index is 1.48. The zero-order chi connectivity index (χ0) is 22.7. The molecule has 7 nitrogen and oxygen atoms in total. The quantitative estimate of drug-likeness (QED) is 0.526. The molecule has 3 heterocycles. The summed E-state index contributed by atoms with van der Waals surface area (Å²) in [4.78, 5) is 23.1. The van der Waals surface area contributed by atoms with Gasteiger partial charge in [-0.2, -0.15) is 4.31 Å². The van der Waals surface area contributed by atoms with Crippen LogP contribution in [0.1, 0.15) is 5.69 Å². The van der Waals surface area contributed by atoms with E-state index in [0.717, 1.165) is 37.7 Å². The predicted molar refractivity (Wildman–Crippen MR) is 124 cm³/mol. The number of benzene rings is 1. The summed E-state index contributed by atoms with van der Waals surface area (Å²) in [6, 6.07) is 8.30. The van der Waals surface area contributed by atoms with E-state index >= 15 is 0 Å². The molecule has 0 atom stereocenters. The lowest BCUT2D eigenvalue weighted by Crippen LogP contribution is -2.39. The number of aromatic nitrogens is 2. The fourth-order valence-corrected chi connectivity index (χ4v) is 5.97. The molecule has 3 aromatic rings. The van der Waals surface area contributed by atoms with Crippen molar-refractivity contribution in [2.75, 3.05) is 25.9 Å². The first-order valence-electron chi connectivity index (χ1n) is 9.57. The van der Waals surface area contributed by atoms with Crippen molar-refractivity contribution in [1.29, 1.82) is 0 Å². The second kappa shape index (κ2) is 9.49. The first kappa shape index (κ1) is 22.6. The molecule has 166 valence electrons. The van der Waals surface area contributed by atoms with Crippen molar-refractivity contribution in [3.8, 4) is 10.6 Å². The molecular weight excluding hydrogens is 471 g/mol. The summed E-state index contributed by atoms with van der Waals surface area (Å²) in [7, 11) is -2.57. The van der Waals surface area contributed by atoms with Crippen LogP contribution in [0.5, 0.6) is 0 Å². The number of thiazole rings is 1. The highest BCUT2D eigenvalue weighted by atomic mass is 32.2. The molecule has 1 aliphatic heterocycles. The minimum atomic E-state index is -3.91. The number of nitrogens with zero attached hydrogens (tertiary/aromatic N) is 4. The average Bonchev–Trinajstić information content (AvgIpc) is 3.45. The van der Waals surface area contributed by atoms with E-state index in [9.17, 15) is 17.6 Å². The Kier molecular flexibility index (Phi) is 6.70. The van der Waals surface area contributed by atoms with Crippen molar-refractivity contribution < 1.29 is 17.6 Å². The van der Waals surface area contributed by atoms with Crippen LogP contribution in [0.25, 0.3) is 16.6 Å². The molecule has 0 saturated carbocycles. The standard InChI is InChI=1S/C21H19FN4O3S3/c1-25(32(28,29)18-6-4-16(22)5-7-18)13-19(27)26-9-10-30-20(26)11-17-14-31-21(24-17)15-3-2-8-23-12-15/h2-8,11-12,14H,9-10,13H2,1H3/b20-11+. The lowest BCUT2D eigenvalue weighted by molar-refractivity contribution is -0.128. The van der Waals surface area contributed by atoms with Crippen LogP contribution in [-0.2, 0) is 14.8 Å². The summed E-state index contributed by atoms with van der Waals surface area (Å²) in [6.07, 6.45) is 5.28. The Labute approximate surface area is 193 Å². The molecule has 1 aliphatic rings. The number of halogens is 1. The third kappa shape index (κ3) is 4.90. The summed E-state index contributed by atoms with van der Waals surface area (Å²) in [6.45, 7) is 0.162. The van der Waals surface area contributed by atoms with Crippen molar-refractivity contribution in [3.63, 3.8) is 0 Å². The van der Waals surface area contributed by atoms with E-state index in [0.29, 0.717) is 12.3 Å². The number of carbonyl (C=O) groups is 1. The topological polar surface area (TPSA) is 83.5 Å². The Bertz CT molecular complexity index is 1240. The molecule has 1 amide bonds. The fraction of sp³-hybridized carbons (Fsp3) is 0.190. The SMILES string of the molecule is CN(CC(=O)N1CCS/C1=C/c1csc(-c2cccnc2)n1)S(=O)(=O)c1ccc(F)cc1. The lowest BCUT2D eigenvalue weighted by atomic mass is 10.3.